The Morgan fingerprint density at radius 3 is 2.29 bits per heavy atom. The first kappa shape index (κ1) is 13.0. The van der Waals surface area contributed by atoms with E-state index in [0.29, 0.717) is 0 Å². The molecule has 2 heterocycles. The fourth-order valence-corrected chi connectivity index (χ4v) is 3.13. The van der Waals surface area contributed by atoms with Gasteiger partial charge in [-0.25, -0.2) is 15.0 Å². The molecule has 0 aromatic carbocycles. The molecular weight excluding hydrogens is 318 g/mol. The molecule has 6 heteroatoms. The third kappa shape index (κ3) is 3.50. The van der Waals surface area contributed by atoms with Crippen LogP contribution in [0.1, 0.15) is 25.6 Å². The smallest absolute Gasteiger partial charge is 0.194 e. The highest BCUT2D eigenvalue weighted by atomic mass is 79.9. The van der Waals surface area contributed by atoms with Crippen molar-refractivity contribution in [3.8, 4) is 0 Å². The van der Waals surface area contributed by atoms with E-state index in [9.17, 15) is 0 Å². The lowest BCUT2D eigenvalue weighted by molar-refractivity contribution is 0.602. The van der Waals surface area contributed by atoms with Crippen molar-refractivity contribution in [3.63, 3.8) is 0 Å². The summed E-state index contributed by atoms with van der Waals surface area (Å²) >= 11 is 6.51. The maximum absolute atomic E-state index is 4.39. The molecule has 0 spiro atoms. The first-order valence-electron chi connectivity index (χ1n) is 5.07. The van der Waals surface area contributed by atoms with Gasteiger partial charge in [-0.15, -0.1) is 11.3 Å². The average Bonchev–Trinajstić information content (AvgIpc) is 2.69. The average molecular weight is 330 g/mol. The van der Waals surface area contributed by atoms with Gasteiger partial charge in [0.15, 0.2) is 9.50 Å². The minimum atomic E-state index is 0.150. The summed E-state index contributed by atoms with van der Waals surface area (Å²) in [6, 6.07) is 0. The number of rotatable bonds is 2. The fourth-order valence-electron chi connectivity index (χ4n) is 1.08. The van der Waals surface area contributed by atoms with Crippen LogP contribution in [0.15, 0.2) is 32.6 Å². The molecule has 2 aromatic rings. The summed E-state index contributed by atoms with van der Waals surface area (Å²) in [6.07, 6.45) is 5.42. The summed E-state index contributed by atoms with van der Waals surface area (Å²) < 4.78 is 1.87. The van der Waals surface area contributed by atoms with Crippen molar-refractivity contribution in [1.29, 1.82) is 0 Å². The first-order chi connectivity index (χ1) is 7.95. The molecule has 0 saturated heterocycles. The van der Waals surface area contributed by atoms with Crippen LogP contribution in [-0.2, 0) is 5.41 Å². The summed E-state index contributed by atoms with van der Waals surface area (Å²) in [6.45, 7) is 6.56. The van der Waals surface area contributed by atoms with Crippen molar-refractivity contribution in [1.82, 2.24) is 15.0 Å². The van der Waals surface area contributed by atoms with Crippen molar-refractivity contribution in [3.05, 3.63) is 27.9 Å². The molecule has 0 atom stereocenters. The lowest BCUT2D eigenvalue weighted by atomic mass is 9.96. The lowest BCUT2D eigenvalue weighted by Crippen LogP contribution is -2.07. The minimum absolute atomic E-state index is 0.150. The minimum Gasteiger partial charge on any atom is -0.237 e. The van der Waals surface area contributed by atoms with E-state index >= 15 is 0 Å². The number of nitrogens with zero attached hydrogens (tertiary/aromatic N) is 3. The molecule has 0 amide bonds. The molecule has 0 radical (unpaired) electrons. The van der Waals surface area contributed by atoms with Gasteiger partial charge in [-0.1, -0.05) is 20.8 Å². The summed E-state index contributed by atoms with van der Waals surface area (Å²) in [5.41, 5.74) is 0.150. The molecule has 17 heavy (non-hydrogen) atoms. The molecule has 2 rings (SSSR count). The highest BCUT2D eigenvalue weighted by molar-refractivity contribution is 9.10. The Balaban J connectivity index is 2.14. The number of halogens is 1. The Hall–Kier alpha value is -0.460. The van der Waals surface area contributed by atoms with Gasteiger partial charge in [0.2, 0.25) is 0 Å². The van der Waals surface area contributed by atoms with Gasteiger partial charge >= 0.3 is 0 Å². The van der Waals surface area contributed by atoms with Crippen molar-refractivity contribution in [2.75, 3.05) is 0 Å². The van der Waals surface area contributed by atoms with Crippen LogP contribution >= 0.6 is 39.0 Å². The second-order valence-corrected chi connectivity index (χ2v) is 7.69. The van der Waals surface area contributed by atoms with Gasteiger partial charge in [-0.2, -0.15) is 0 Å². The zero-order valence-electron chi connectivity index (χ0n) is 9.77. The fraction of sp³-hybridized carbons (Fsp3) is 0.364. The van der Waals surface area contributed by atoms with E-state index in [-0.39, 0.29) is 5.41 Å². The summed E-state index contributed by atoms with van der Waals surface area (Å²) in [5.74, 6) is 0. The molecule has 3 nitrogen and oxygen atoms in total. The van der Waals surface area contributed by atoms with E-state index in [1.165, 1.54) is 16.6 Å². The topological polar surface area (TPSA) is 38.7 Å². The predicted octanol–water partition coefficient (Wildman–Crippen LogP) is 4.14. The van der Waals surface area contributed by atoms with Gasteiger partial charge in [-0.3, -0.25) is 0 Å². The molecule has 0 aliphatic heterocycles. The Kier molecular flexibility index (Phi) is 3.85. The number of hydrogen-bond donors (Lipinski definition) is 0. The van der Waals surface area contributed by atoms with Gasteiger partial charge in [0, 0.05) is 23.5 Å². The van der Waals surface area contributed by atoms with E-state index in [4.69, 9.17) is 0 Å². The van der Waals surface area contributed by atoms with Gasteiger partial charge < -0.3 is 0 Å². The van der Waals surface area contributed by atoms with Gasteiger partial charge in [0.05, 0.1) is 4.47 Å². The highest BCUT2D eigenvalue weighted by Gasteiger charge is 2.17. The highest BCUT2D eigenvalue weighted by Crippen LogP contribution is 2.34. The van der Waals surface area contributed by atoms with Crippen molar-refractivity contribution in [2.24, 2.45) is 0 Å². The Morgan fingerprint density at radius 1 is 1.12 bits per heavy atom. The normalized spacial score (nSPS) is 11.8. The Morgan fingerprint density at radius 2 is 1.76 bits per heavy atom. The molecule has 0 bridgehead atoms. The quantitative estimate of drug-likeness (QED) is 0.776. The molecule has 0 aliphatic rings. The molecule has 0 aliphatic carbocycles. The molecule has 0 N–H and O–H groups in total. The largest absolute Gasteiger partial charge is 0.237 e. The van der Waals surface area contributed by atoms with Crippen LogP contribution in [0.4, 0.5) is 0 Å². The molecular formula is C11H12BrN3S2. The van der Waals surface area contributed by atoms with Crippen LogP contribution in [0.3, 0.4) is 0 Å². The van der Waals surface area contributed by atoms with Crippen molar-refractivity contribution in [2.45, 2.75) is 35.7 Å². The van der Waals surface area contributed by atoms with Crippen LogP contribution < -0.4 is 0 Å². The second kappa shape index (κ2) is 5.04. The van der Waals surface area contributed by atoms with E-state index in [0.717, 1.165) is 14.0 Å². The zero-order chi connectivity index (χ0) is 12.5. The third-order valence-electron chi connectivity index (χ3n) is 2.00. The van der Waals surface area contributed by atoms with Crippen LogP contribution in [-0.4, -0.2) is 15.0 Å². The van der Waals surface area contributed by atoms with Gasteiger partial charge in [0.1, 0.15) is 0 Å². The number of aromatic nitrogens is 3. The zero-order valence-corrected chi connectivity index (χ0v) is 13.0. The number of hydrogen-bond acceptors (Lipinski definition) is 5. The predicted molar refractivity (Wildman–Crippen MR) is 74.7 cm³/mol. The monoisotopic (exact) mass is 329 g/mol. The number of thiazole rings is 1. The Bertz CT molecular complexity index is 502. The van der Waals surface area contributed by atoms with Gasteiger partial charge in [0.25, 0.3) is 0 Å². The summed E-state index contributed by atoms with van der Waals surface area (Å²) in [4.78, 5) is 14.1. The van der Waals surface area contributed by atoms with Crippen LogP contribution in [0.5, 0.6) is 0 Å². The second-order valence-electron chi connectivity index (χ2n) is 4.53. The van der Waals surface area contributed by atoms with Crippen molar-refractivity contribution >= 4 is 39.0 Å². The van der Waals surface area contributed by atoms with Crippen LogP contribution in [0.2, 0.25) is 0 Å². The lowest BCUT2D eigenvalue weighted by Gasteiger charge is -2.14. The molecule has 0 fully saturated rings. The molecule has 0 saturated carbocycles. The summed E-state index contributed by atoms with van der Waals surface area (Å²) in [7, 11) is 0. The molecule has 2 aromatic heterocycles. The Labute approximate surface area is 117 Å². The van der Waals surface area contributed by atoms with Crippen LogP contribution in [0, 0.1) is 0 Å². The molecule has 0 unspecified atom stereocenters. The first-order valence-corrected chi connectivity index (χ1v) is 7.49. The maximum atomic E-state index is 4.39. The maximum Gasteiger partial charge on any atom is 0.194 e. The van der Waals surface area contributed by atoms with E-state index in [1.807, 2.05) is 6.20 Å². The van der Waals surface area contributed by atoms with Gasteiger partial charge in [-0.05, 0) is 33.1 Å². The third-order valence-corrected chi connectivity index (χ3v) is 4.80. The van der Waals surface area contributed by atoms with E-state index in [1.54, 1.807) is 23.7 Å². The van der Waals surface area contributed by atoms with E-state index in [2.05, 4.69) is 51.7 Å². The van der Waals surface area contributed by atoms with E-state index < -0.39 is 0 Å². The van der Waals surface area contributed by atoms with Crippen molar-refractivity contribution < 1.29 is 0 Å². The molecule has 90 valence electrons. The summed E-state index contributed by atoms with van der Waals surface area (Å²) in [5, 5.41) is 0.725. The standard InChI is InChI=1S/C11H12BrN3S2/c1-11(2,3)8-6-15-10(16-8)17-9-13-4-7(12)5-14-9/h4-6H,1-3H3. The SMILES string of the molecule is CC(C)(C)c1cnc(Sc2ncc(Br)cn2)s1. The van der Waals surface area contributed by atoms with Crippen LogP contribution in [0.25, 0.3) is 0 Å².